The van der Waals surface area contributed by atoms with Crippen LogP contribution in [-0.4, -0.2) is 18.5 Å². The Morgan fingerprint density at radius 1 is 1.32 bits per heavy atom. The number of methoxy groups -OCH3 is 1. The number of hydrogen-bond acceptors (Lipinski definition) is 2. The fourth-order valence-electron chi connectivity index (χ4n) is 2.77. The Balaban J connectivity index is 2.09. The standard InChI is InChI=1S/C17H24O2/c1-17(2,19-3)12-11-14-9-6-8-13-7-4-5-10-15(13)16(14)18/h4-5,7,10,14H,6,8-9,11-12H2,1-3H3. The number of hydrogen-bond donors (Lipinski definition) is 0. The normalized spacial score (nSPS) is 19.9. The highest BCUT2D eigenvalue weighted by molar-refractivity contribution is 5.99. The Morgan fingerprint density at radius 2 is 2.05 bits per heavy atom. The van der Waals surface area contributed by atoms with Gasteiger partial charge < -0.3 is 4.74 Å². The molecule has 0 saturated heterocycles. The van der Waals surface area contributed by atoms with E-state index in [2.05, 4.69) is 19.9 Å². The van der Waals surface area contributed by atoms with E-state index in [0.29, 0.717) is 5.78 Å². The number of ketones is 1. The van der Waals surface area contributed by atoms with Gasteiger partial charge in [-0.1, -0.05) is 24.3 Å². The number of fused-ring (bicyclic) bond motifs is 1. The van der Waals surface area contributed by atoms with E-state index in [-0.39, 0.29) is 11.5 Å². The molecule has 0 aliphatic heterocycles. The number of aryl methyl sites for hydroxylation is 1. The number of ether oxygens (including phenoxy) is 1. The molecule has 2 rings (SSSR count). The quantitative estimate of drug-likeness (QED) is 0.764. The topological polar surface area (TPSA) is 26.3 Å². The van der Waals surface area contributed by atoms with E-state index in [9.17, 15) is 4.79 Å². The van der Waals surface area contributed by atoms with Gasteiger partial charge >= 0.3 is 0 Å². The average Bonchev–Trinajstić information content (AvgIpc) is 2.57. The molecule has 1 aromatic rings. The lowest BCUT2D eigenvalue weighted by Crippen LogP contribution is -2.25. The minimum absolute atomic E-state index is 0.133. The van der Waals surface area contributed by atoms with Gasteiger partial charge in [-0.25, -0.2) is 0 Å². The summed E-state index contributed by atoms with van der Waals surface area (Å²) in [6, 6.07) is 8.07. The third-order valence-electron chi connectivity index (χ3n) is 4.30. The Kier molecular flexibility index (Phi) is 4.41. The third-order valence-corrected chi connectivity index (χ3v) is 4.30. The van der Waals surface area contributed by atoms with Gasteiger partial charge in [0.2, 0.25) is 0 Å². The van der Waals surface area contributed by atoms with Crippen LogP contribution in [0.3, 0.4) is 0 Å². The smallest absolute Gasteiger partial charge is 0.166 e. The van der Waals surface area contributed by atoms with E-state index in [1.807, 2.05) is 18.2 Å². The molecule has 104 valence electrons. The highest BCUT2D eigenvalue weighted by Gasteiger charge is 2.27. The van der Waals surface area contributed by atoms with Gasteiger partial charge in [0, 0.05) is 18.6 Å². The maximum atomic E-state index is 12.6. The molecule has 2 nitrogen and oxygen atoms in total. The van der Waals surface area contributed by atoms with Crippen molar-refractivity contribution in [3.63, 3.8) is 0 Å². The third kappa shape index (κ3) is 3.44. The zero-order valence-corrected chi connectivity index (χ0v) is 12.2. The van der Waals surface area contributed by atoms with Crippen LogP contribution in [0.4, 0.5) is 0 Å². The summed E-state index contributed by atoms with van der Waals surface area (Å²) in [7, 11) is 1.74. The van der Waals surface area contributed by atoms with Crippen molar-refractivity contribution < 1.29 is 9.53 Å². The first-order chi connectivity index (χ1) is 9.03. The minimum Gasteiger partial charge on any atom is -0.379 e. The molecule has 0 amide bonds. The lowest BCUT2D eigenvalue weighted by Gasteiger charge is -2.25. The van der Waals surface area contributed by atoms with Crippen LogP contribution in [0.2, 0.25) is 0 Å². The van der Waals surface area contributed by atoms with Gasteiger partial charge in [-0.2, -0.15) is 0 Å². The SMILES string of the molecule is COC(C)(C)CCC1CCCc2ccccc2C1=O. The largest absolute Gasteiger partial charge is 0.379 e. The van der Waals surface area contributed by atoms with Crippen LogP contribution in [0.25, 0.3) is 0 Å². The Labute approximate surface area is 116 Å². The Morgan fingerprint density at radius 3 is 2.79 bits per heavy atom. The number of carbonyl (C=O) groups excluding carboxylic acids is 1. The summed E-state index contributed by atoms with van der Waals surface area (Å²) in [4.78, 5) is 12.6. The summed E-state index contributed by atoms with van der Waals surface area (Å²) in [6.07, 6.45) is 5.01. The van der Waals surface area contributed by atoms with Crippen LogP contribution in [0, 0.1) is 5.92 Å². The van der Waals surface area contributed by atoms with Gasteiger partial charge in [0.25, 0.3) is 0 Å². The van der Waals surface area contributed by atoms with Crippen LogP contribution in [0.5, 0.6) is 0 Å². The summed E-state index contributed by atoms with van der Waals surface area (Å²) in [5, 5.41) is 0. The molecule has 19 heavy (non-hydrogen) atoms. The van der Waals surface area contributed by atoms with Gasteiger partial charge in [0.1, 0.15) is 0 Å². The lowest BCUT2D eigenvalue weighted by molar-refractivity contribution is 0.0105. The van der Waals surface area contributed by atoms with Crippen LogP contribution >= 0.6 is 0 Å². The molecule has 0 fully saturated rings. The van der Waals surface area contributed by atoms with Gasteiger partial charge in [-0.3, -0.25) is 4.79 Å². The number of rotatable bonds is 4. The monoisotopic (exact) mass is 260 g/mol. The summed E-state index contributed by atoms with van der Waals surface area (Å²) in [5.41, 5.74) is 2.03. The molecule has 0 heterocycles. The van der Waals surface area contributed by atoms with E-state index < -0.39 is 0 Å². The van der Waals surface area contributed by atoms with Crippen molar-refractivity contribution in [3.05, 3.63) is 35.4 Å². The molecule has 0 spiro atoms. The predicted octanol–water partition coefficient (Wildman–Crippen LogP) is 4.03. The van der Waals surface area contributed by atoms with Crippen molar-refractivity contribution in [3.8, 4) is 0 Å². The van der Waals surface area contributed by atoms with Gasteiger partial charge in [0.15, 0.2) is 5.78 Å². The molecule has 0 bridgehead atoms. The van der Waals surface area contributed by atoms with E-state index in [0.717, 1.165) is 37.7 Å². The molecule has 1 atom stereocenters. The molecule has 0 aromatic heterocycles. The van der Waals surface area contributed by atoms with Crippen LogP contribution < -0.4 is 0 Å². The summed E-state index contributed by atoms with van der Waals surface area (Å²) in [5.74, 6) is 0.498. The van der Waals surface area contributed by atoms with Crippen LogP contribution in [0.1, 0.15) is 55.5 Å². The highest BCUT2D eigenvalue weighted by Crippen LogP contribution is 2.29. The van der Waals surface area contributed by atoms with Crippen molar-refractivity contribution in [2.75, 3.05) is 7.11 Å². The van der Waals surface area contributed by atoms with Gasteiger partial charge in [0.05, 0.1) is 5.60 Å². The van der Waals surface area contributed by atoms with Gasteiger partial charge in [-0.15, -0.1) is 0 Å². The van der Waals surface area contributed by atoms with Crippen molar-refractivity contribution in [2.45, 2.75) is 51.6 Å². The molecular formula is C17H24O2. The van der Waals surface area contributed by atoms with Gasteiger partial charge in [-0.05, 0) is 51.5 Å². The first-order valence-electron chi connectivity index (χ1n) is 7.21. The maximum Gasteiger partial charge on any atom is 0.166 e. The van der Waals surface area contributed by atoms with E-state index in [1.165, 1.54) is 5.56 Å². The lowest BCUT2D eigenvalue weighted by atomic mass is 9.87. The molecule has 1 unspecified atom stereocenters. The highest BCUT2D eigenvalue weighted by atomic mass is 16.5. The summed E-state index contributed by atoms with van der Waals surface area (Å²) < 4.78 is 5.45. The van der Waals surface area contributed by atoms with Crippen molar-refractivity contribution in [1.29, 1.82) is 0 Å². The Hall–Kier alpha value is -1.15. The van der Waals surface area contributed by atoms with E-state index in [4.69, 9.17) is 4.74 Å². The molecule has 0 N–H and O–H groups in total. The molecule has 0 saturated carbocycles. The van der Waals surface area contributed by atoms with E-state index >= 15 is 0 Å². The Bertz CT molecular complexity index is 448. The molecule has 0 radical (unpaired) electrons. The number of benzene rings is 1. The zero-order chi connectivity index (χ0) is 13.9. The summed E-state index contributed by atoms with van der Waals surface area (Å²) >= 11 is 0. The first-order valence-corrected chi connectivity index (χ1v) is 7.21. The summed E-state index contributed by atoms with van der Waals surface area (Å²) in [6.45, 7) is 4.17. The molecule has 1 aliphatic rings. The second-order valence-electron chi connectivity index (χ2n) is 6.11. The van der Waals surface area contributed by atoms with Crippen molar-refractivity contribution in [1.82, 2.24) is 0 Å². The maximum absolute atomic E-state index is 12.6. The molecule has 2 heteroatoms. The van der Waals surface area contributed by atoms with Crippen LogP contribution in [-0.2, 0) is 11.2 Å². The van der Waals surface area contributed by atoms with Crippen molar-refractivity contribution >= 4 is 5.78 Å². The van der Waals surface area contributed by atoms with E-state index in [1.54, 1.807) is 7.11 Å². The fraction of sp³-hybridized carbons (Fsp3) is 0.588. The van der Waals surface area contributed by atoms with Crippen LogP contribution in [0.15, 0.2) is 24.3 Å². The van der Waals surface area contributed by atoms with Crippen molar-refractivity contribution in [2.24, 2.45) is 5.92 Å². The fourth-order valence-corrected chi connectivity index (χ4v) is 2.77. The number of carbonyl (C=O) groups is 1. The average molecular weight is 260 g/mol. The molecule has 1 aromatic carbocycles. The minimum atomic E-state index is -0.133. The second-order valence-corrected chi connectivity index (χ2v) is 6.11. The first kappa shape index (κ1) is 14.3. The predicted molar refractivity (Wildman–Crippen MR) is 77.5 cm³/mol. The zero-order valence-electron chi connectivity index (χ0n) is 12.2. The second kappa shape index (κ2) is 5.87. The molecule has 1 aliphatic carbocycles. The molecular weight excluding hydrogens is 236 g/mol. The number of Topliss-reactive ketones (excluding diaryl/α,β-unsaturated/α-hetero) is 1.